The van der Waals surface area contributed by atoms with Crippen LogP contribution < -0.4 is 5.46 Å². The van der Waals surface area contributed by atoms with E-state index in [1.807, 2.05) is 0 Å². The van der Waals surface area contributed by atoms with E-state index in [9.17, 15) is 14.2 Å². The van der Waals surface area contributed by atoms with Gasteiger partial charge in [0.2, 0.25) is 0 Å². The highest BCUT2D eigenvalue weighted by Gasteiger charge is 2.30. The van der Waals surface area contributed by atoms with E-state index in [2.05, 4.69) is 0 Å². The minimum atomic E-state index is -1.14. The summed E-state index contributed by atoms with van der Waals surface area (Å²) in [5.74, 6) is -1.06. The van der Waals surface area contributed by atoms with Crippen LogP contribution in [-0.2, 0) is 22.6 Å². The van der Waals surface area contributed by atoms with Crippen molar-refractivity contribution in [3.05, 3.63) is 53.2 Å². The predicted octanol–water partition coefficient (Wildman–Crippen LogP) is 0.993. The van der Waals surface area contributed by atoms with Gasteiger partial charge in [0.25, 0.3) is 0 Å². The Balaban J connectivity index is 1.79. The number of rotatable bonds is 3. The number of hydrogen-bond acceptors (Lipinski definition) is 5. The van der Waals surface area contributed by atoms with Crippen LogP contribution in [0.25, 0.3) is 0 Å². The first-order chi connectivity index (χ1) is 9.65. The summed E-state index contributed by atoms with van der Waals surface area (Å²) in [6.45, 7) is 0.0382. The van der Waals surface area contributed by atoms with Crippen LogP contribution in [0.15, 0.2) is 34.9 Å². The summed E-state index contributed by atoms with van der Waals surface area (Å²) in [6.07, 6.45) is 1.45. The molecule has 102 valence electrons. The number of carbonyl (C=O) groups is 1. The van der Waals surface area contributed by atoms with Gasteiger partial charge in [-0.15, -0.1) is 0 Å². The molecule has 1 aliphatic heterocycles. The molecule has 0 fully saturated rings. The SMILES string of the molecule is O=C(OCc1ccco1)c1cc2c(cc1F)COB2O. The molecule has 1 aliphatic rings. The third-order valence-corrected chi connectivity index (χ3v) is 3.04. The summed E-state index contributed by atoms with van der Waals surface area (Å²) in [6, 6.07) is 5.73. The van der Waals surface area contributed by atoms with E-state index in [0.717, 1.165) is 0 Å². The molecule has 1 aromatic heterocycles. The molecule has 5 nitrogen and oxygen atoms in total. The Morgan fingerprint density at radius 1 is 1.50 bits per heavy atom. The summed E-state index contributed by atoms with van der Waals surface area (Å²) >= 11 is 0. The topological polar surface area (TPSA) is 68.9 Å². The number of halogens is 1. The Bertz CT molecular complexity index is 640. The van der Waals surface area contributed by atoms with Gasteiger partial charge < -0.3 is 18.8 Å². The van der Waals surface area contributed by atoms with Crippen LogP contribution in [0.5, 0.6) is 0 Å². The molecule has 1 N–H and O–H groups in total. The molecular weight excluding hydrogens is 266 g/mol. The van der Waals surface area contributed by atoms with Crippen molar-refractivity contribution in [2.45, 2.75) is 13.2 Å². The van der Waals surface area contributed by atoms with Gasteiger partial charge in [-0.3, -0.25) is 0 Å². The van der Waals surface area contributed by atoms with Gasteiger partial charge in [0.15, 0.2) is 0 Å². The molecule has 2 heterocycles. The Morgan fingerprint density at radius 3 is 3.10 bits per heavy atom. The fourth-order valence-corrected chi connectivity index (χ4v) is 2.01. The van der Waals surface area contributed by atoms with Gasteiger partial charge in [-0.2, -0.15) is 0 Å². The molecule has 7 heteroatoms. The molecule has 0 amide bonds. The molecular formula is C13H10BFO5. The molecule has 0 spiro atoms. The molecule has 0 saturated carbocycles. The smallest absolute Gasteiger partial charge is 0.466 e. The molecule has 0 saturated heterocycles. The maximum absolute atomic E-state index is 13.8. The molecule has 1 aromatic carbocycles. The van der Waals surface area contributed by atoms with Gasteiger partial charge in [0, 0.05) is 0 Å². The van der Waals surface area contributed by atoms with Crippen molar-refractivity contribution in [3.8, 4) is 0 Å². The van der Waals surface area contributed by atoms with E-state index in [-0.39, 0.29) is 18.8 Å². The van der Waals surface area contributed by atoms with Crippen molar-refractivity contribution >= 4 is 18.6 Å². The Labute approximate surface area is 114 Å². The summed E-state index contributed by atoms with van der Waals surface area (Å²) in [5, 5.41) is 9.55. The zero-order chi connectivity index (χ0) is 14.1. The summed E-state index contributed by atoms with van der Waals surface area (Å²) in [7, 11) is -1.14. The second-order valence-electron chi connectivity index (χ2n) is 4.35. The first kappa shape index (κ1) is 12.9. The van der Waals surface area contributed by atoms with Gasteiger partial charge >= 0.3 is 13.1 Å². The van der Waals surface area contributed by atoms with E-state index >= 15 is 0 Å². The molecule has 3 rings (SSSR count). The van der Waals surface area contributed by atoms with Crippen molar-refractivity contribution < 1.29 is 28.0 Å². The highest BCUT2D eigenvalue weighted by atomic mass is 19.1. The molecule has 0 aliphatic carbocycles. The second-order valence-corrected chi connectivity index (χ2v) is 4.35. The van der Waals surface area contributed by atoms with Gasteiger partial charge in [0.05, 0.1) is 18.4 Å². The van der Waals surface area contributed by atoms with Crippen LogP contribution in [0.3, 0.4) is 0 Å². The van der Waals surface area contributed by atoms with Crippen LogP contribution in [-0.4, -0.2) is 18.1 Å². The molecule has 20 heavy (non-hydrogen) atoms. The minimum Gasteiger partial charge on any atom is -0.466 e. The summed E-state index contributed by atoms with van der Waals surface area (Å²) in [5.41, 5.74) is 0.675. The number of ether oxygens (including phenoxy) is 1. The van der Waals surface area contributed by atoms with E-state index in [0.29, 0.717) is 16.8 Å². The number of carbonyl (C=O) groups excluding carboxylic acids is 1. The third kappa shape index (κ3) is 2.33. The van der Waals surface area contributed by atoms with E-state index < -0.39 is 18.9 Å². The van der Waals surface area contributed by atoms with Crippen LogP contribution >= 0.6 is 0 Å². The maximum Gasteiger partial charge on any atom is 0.491 e. The average Bonchev–Trinajstić information content (AvgIpc) is 3.06. The molecule has 0 bridgehead atoms. The Morgan fingerprint density at radius 2 is 2.35 bits per heavy atom. The first-order valence-corrected chi connectivity index (χ1v) is 5.96. The van der Waals surface area contributed by atoms with Crippen molar-refractivity contribution in [2.75, 3.05) is 0 Å². The minimum absolute atomic E-state index is 0.0819. The van der Waals surface area contributed by atoms with Gasteiger partial charge in [-0.05, 0) is 35.3 Å². The lowest BCUT2D eigenvalue weighted by atomic mass is 9.78. The van der Waals surface area contributed by atoms with E-state index in [1.165, 1.54) is 18.4 Å². The maximum atomic E-state index is 13.8. The van der Waals surface area contributed by atoms with Gasteiger partial charge in [-0.1, -0.05) is 0 Å². The molecule has 0 unspecified atom stereocenters. The van der Waals surface area contributed by atoms with Crippen LogP contribution in [0.1, 0.15) is 21.7 Å². The second kappa shape index (κ2) is 5.11. The fourth-order valence-electron chi connectivity index (χ4n) is 2.01. The Hall–Kier alpha value is -2.12. The largest absolute Gasteiger partial charge is 0.491 e. The lowest BCUT2D eigenvalue weighted by Crippen LogP contribution is -2.29. The number of fused-ring (bicyclic) bond motifs is 1. The monoisotopic (exact) mass is 276 g/mol. The normalized spacial score (nSPS) is 13.4. The van der Waals surface area contributed by atoms with Crippen molar-refractivity contribution in [2.24, 2.45) is 0 Å². The van der Waals surface area contributed by atoms with Crippen molar-refractivity contribution in [1.29, 1.82) is 0 Å². The quantitative estimate of drug-likeness (QED) is 0.668. The summed E-state index contributed by atoms with van der Waals surface area (Å²) < 4.78 is 28.7. The van der Waals surface area contributed by atoms with E-state index in [4.69, 9.17) is 13.8 Å². The van der Waals surface area contributed by atoms with Crippen LogP contribution in [0.4, 0.5) is 4.39 Å². The average molecular weight is 276 g/mol. The third-order valence-electron chi connectivity index (χ3n) is 3.04. The molecule has 2 aromatic rings. The number of benzene rings is 1. The summed E-state index contributed by atoms with van der Waals surface area (Å²) in [4.78, 5) is 11.8. The lowest BCUT2D eigenvalue weighted by molar-refractivity contribution is 0.0440. The van der Waals surface area contributed by atoms with Crippen LogP contribution in [0.2, 0.25) is 0 Å². The highest BCUT2D eigenvalue weighted by Crippen LogP contribution is 2.16. The predicted molar refractivity (Wildman–Crippen MR) is 66.6 cm³/mol. The standard InChI is InChI=1S/C13H10BFO5/c15-12-4-8-6-20-14(17)11(8)5-10(12)13(16)19-7-9-2-1-3-18-9/h1-5,17H,6-7H2. The van der Waals surface area contributed by atoms with Crippen molar-refractivity contribution in [3.63, 3.8) is 0 Å². The molecule has 0 atom stereocenters. The van der Waals surface area contributed by atoms with Crippen LogP contribution in [0, 0.1) is 5.82 Å². The molecule has 0 radical (unpaired) electrons. The Kier molecular flexibility index (Phi) is 3.29. The number of furan rings is 1. The zero-order valence-corrected chi connectivity index (χ0v) is 10.3. The number of esters is 1. The van der Waals surface area contributed by atoms with Gasteiger partial charge in [-0.25, -0.2) is 9.18 Å². The number of hydrogen-bond donors (Lipinski definition) is 1. The first-order valence-electron chi connectivity index (χ1n) is 5.96. The van der Waals surface area contributed by atoms with Gasteiger partial charge in [0.1, 0.15) is 18.2 Å². The van der Waals surface area contributed by atoms with Crippen molar-refractivity contribution in [1.82, 2.24) is 0 Å². The van der Waals surface area contributed by atoms with E-state index in [1.54, 1.807) is 12.1 Å². The highest BCUT2D eigenvalue weighted by molar-refractivity contribution is 6.61. The fraction of sp³-hybridized carbons (Fsp3) is 0.154. The lowest BCUT2D eigenvalue weighted by Gasteiger charge is -2.06. The zero-order valence-electron chi connectivity index (χ0n) is 10.3.